The second-order valence-electron chi connectivity index (χ2n) is 5.28. The third-order valence-electron chi connectivity index (χ3n) is 3.67. The van der Waals surface area contributed by atoms with Crippen molar-refractivity contribution in [1.82, 2.24) is 0 Å². The van der Waals surface area contributed by atoms with Crippen LogP contribution in [-0.4, -0.2) is 12.4 Å². The molecule has 0 saturated heterocycles. The van der Waals surface area contributed by atoms with Gasteiger partial charge < -0.3 is 10.5 Å². The Morgan fingerprint density at radius 2 is 2.22 bits per heavy atom. The topological polar surface area (TPSA) is 35.2 Å². The maximum atomic E-state index is 5.85. The summed E-state index contributed by atoms with van der Waals surface area (Å²) in [5, 5.41) is 0.805. The second kappa shape index (κ2) is 6.37. The number of thioether (sulfide) groups is 1. The maximum Gasteiger partial charge on any atom is 0.123 e. The van der Waals surface area contributed by atoms with Crippen LogP contribution in [0.25, 0.3) is 0 Å². The molecule has 2 rings (SSSR count). The number of nitrogens with two attached hydrogens (primary N) is 1. The van der Waals surface area contributed by atoms with E-state index in [0.717, 1.165) is 28.4 Å². The summed E-state index contributed by atoms with van der Waals surface area (Å²) in [4.78, 5) is 0. The van der Waals surface area contributed by atoms with Gasteiger partial charge >= 0.3 is 0 Å². The van der Waals surface area contributed by atoms with E-state index >= 15 is 0 Å². The summed E-state index contributed by atoms with van der Waals surface area (Å²) in [7, 11) is 1.72. The molecule has 3 heteroatoms. The van der Waals surface area contributed by atoms with Crippen molar-refractivity contribution >= 4 is 17.4 Å². The third kappa shape index (κ3) is 3.58. The van der Waals surface area contributed by atoms with Crippen LogP contribution >= 0.6 is 11.8 Å². The SMILES string of the molecule is COc1ccc(N)cc1CSC1CCCC(C)C1. The first-order valence-electron chi connectivity index (χ1n) is 6.73. The Balaban J connectivity index is 1.94. The lowest BCUT2D eigenvalue weighted by Gasteiger charge is -2.26. The minimum absolute atomic E-state index is 0.805. The average Bonchev–Trinajstić information content (AvgIpc) is 2.37. The predicted octanol–water partition coefficient (Wildman–Crippen LogP) is 4.09. The smallest absolute Gasteiger partial charge is 0.123 e. The van der Waals surface area contributed by atoms with Crippen LogP contribution in [0.15, 0.2) is 18.2 Å². The van der Waals surface area contributed by atoms with Crippen LogP contribution in [-0.2, 0) is 5.75 Å². The van der Waals surface area contributed by atoms with Crippen LogP contribution in [0.4, 0.5) is 5.69 Å². The Bertz CT molecular complexity index is 394. The lowest BCUT2D eigenvalue weighted by Crippen LogP contribution is -2.15. The van der Waals surface area contributed by atoms with Gasteiger partial charge in [-0.1, -0.05) is 19.8 Å². The molecule has 1 aliphatic rings. The van der Waals surface area contributed by atoms with Gasteiger partial charge in [0.1, 0.15) is 5.75 Å². The van der Waals surface area contributed by atoms with E-state index < -0.39 is 0 Å². The normalized spacial score (nSPS) is 23.9. The highest BCUT2D eigenvalue weighted by Crippen LogP contribution is 2.35. The Hall–Kier alpha value is -0.830. The van der Waals surface area contributed by atoms with Crippen molar-refractivity contribution < 1.29 is 4.74 Å². The minimum Gasteiger partial charge on any atom is -0.496 e. The van der Waals surface area contributed by atoms with Gasteiger partial charge in [0.15, 0.2) is 0 Å². The summed E-state index contributed by atoms with van der Waals surface area (Å²) in [5.41, 5.74) is 7.89. The fraction of sp³-hybridized carbons (Fsp3) is 0.600. The molecule has 0 aromatic heterocycles. The van der Waals surface area contributed by atoms with Crippen molar-refractivity contribution in [1.29, 1.82) is 0 Å². The van der Waals surface area contributed by atoms with E-state index in [1.54, 1.807) is 7.11 Å². The molecule has 2 nitrogen and oxygen atoms in total. The molecular weight excluding hydrogens is 242 g/mol. The minimum atomic E-state index is 0.805. The maximum absolute atomic E-state index is 5.85. The van der Waals surface area contributed by atoms with Crippen LogP contribution in [0, 0.1) is 5.92 Å². The Kier molecular flexibility index (Phi) is 4.81. The summed E-state index contributed by atoms with van der Waals surface area (Å²) >= 11 is 2.06. The van der Waals surface area contributed by atoms with Crippen molar-refractivity contribution in [3.05, 3.63) is 23.8 Å². The quantitative estimate of drug-likeness (QED) is 0.833. The Labute approximate surface area is 114 Å². The molecule has 1 fully saturated rings. The number of anilines is 1. The molecule has 1 aromatic rings. The average molecular weight is 265 g/mol. The van der Waals surface area contributed by atoms with E-state index in [4.69, 9.17) is 10.5 Å². The number of nitrogen functional groups attached to an aromatic ring is 1. The zero-order valence-corrected chi connectivity index (χ0v) is 12.1. The van der Waals surface area contributed by atoms with Crippen molar-refractivity contribution in [2.75, 3.05) is 12.8 Å². The van der Waals surface area contributed by atoms with Gasteiger partial charge in [0.2, 0.25) is 0 Å². The first kappa shape index (κ1) is 13.6. The van der Waals surface area contributed by atoms with Crippen LogP contribution in [0.5, 0.6) is 5.75 Å². The first-order valence-corrected chi connectivity index (χ1v) is 7.78. The Morgan fingerprint density at radius 1 is 1.39 bits per heavy atom. The molecule has 1 aromatic carbocycles. The largest absolute Gasteiger partial charge is 0.496 e. The van der Waals surface area contributed by atoms with Gasteiger partial charge in [-0.15, -0.1) is 0 Å². The first-order chi connectivity index (χ1) is 8.69. The van der Waals surface area contributed by atoms with E-state index in [9.17, 15) is 0 Å². The summed E-state index contributed by atoms with van der Waals surface area (Å²) in [6.45, 7) is 2.37. The zero-order valence-electron chi connectivity index (χ0n) is 11.3. The fourth-order valence-electron chi connectivity index (χ4n) is 2.65. The van der Waals surface area contributed by atoms with Crippen molar-refractivity contribution in [2.45, 2.75) is 43.6 Å². The fourth-order valence-corrected chi connectivity index (χ4v) is 4.09. The number of methoxy groups -OCH3 is 1. The molecule has 100 valence electrons. The standard InChI is InChI=1S/C15H23NOS/c1-11-4-3-5-14(8-11)18-10-12-9-13(16)6-7-15(12)17-2/h6-7,9,11,14H,3-5,8,10,16H2,1-2H3. The van der Waals surface area contributed by atoms with Crippen molar-refractivity contribution in [2.24, 2.45) is 5.92 Å². The summed E-state index contributed by atoms with van der Waals surface area (Å²) in [5.74, 6) is 2.85. The molecule has 18 heavy (non-hydrogen) atoms. The van der Waals surface area contributed by atoms with Crippen LogP contribution in [0.2, 0.25) is 0 Å². The summed E-state index contributed by atoms with van der Waals surface area (Å²) in [6.07, 6.45) is 5.50. The van der Waals surface area contributed by atoms with E-state index in [0.29, 0.717) is 0 Å². The number of hydrogen-bond donors (Lipinski definition) is 1. The molecule has 0 heterocycles. The number of ether oxygens (including phenoxy) is 1. The molecule has 2 atom stereocenters. The van der Waals surface area contributed by atoms with Crippen LogP contribution < -0.4 is 10.5 Å². The molecule has 0 radical (unpaired) electrons. The van der Waals surface area contributed by atoms with E-state index in [1.807, 2.05) is 18.2 Å². The molecule has 0 bridgehead atoms. The zero-order chi connectivity index (χ0) is 13.0. The third-order valence-corrected chi connectivity index (χ3v) is 5.04. The molecule has 1 aliphatic carbocycles. The van der Waals surface area contributed by atoms with Crippen LogP contribution in [0.1, 0.15) is 38.2 Å². The Morgan fingerprint density at radius 3 is 2.94 bits per heavy atom. The van der Waals surface area contributed by atoms with Gasteiger partial charge in [-0.25, -0.2) is 0 Å². The molecule has 0 aliphatic heterocycles. The van der Waals surface area contributed by atoms with Gasteiger partial charge in [0.25, 0.3) is 0 Å². The van der Waals surface area contributed by atoms with Gasteiger partial charge in [0.05, 0.1) is 7.11 Å². The van der Waals surface area contributed by atoms with Gasteiger partial charge in [-0.05, 0) is 37.0 Å². The summed E-state index contributed by atoms with van der Waals surface area (Å²) in [6, 6.07) is 5.91. The lowest BCUT2D eigenvalue weighted by atomic mass is 9.91. The van der Waals surface area contributed by atoms with Crippen LogP contribution in [0.3, 0.4) is 0 Å². The molecule has 0 amide bonds. The monoisotopic (exact) mass is 265 g/mol. The molecule has 2 unspecified atom stereocenters. The molecule has 1 saturated carbocycles. The number of rotatable bonds is 4. The molecule has 0 spiro atoms. The number of hydrogen-bond acceptors (Lipinski definition) is 3. The molecule has 2 N–H and O–H groups in total. The summed E-state index contributed by atoms with van der Waals surface area (Å²) < 4.78 is 5.39. The highest BCUT2D eigenvalue weighted by Gasteiger charge is 2.19. The van der Waals surface area contributed by atoms with E-state index in [-0.39, 0.29) is 0 Å². The van der Waals surface area contributed by atoms with Crippen molar-refractivity contribution in [3.8, 4) is 5.75 Å². The van der Waals surface area contributed by atoms with Gasteiger partial charge in [-0.2, -0.15) is 11.8 Å². The number of benzene rings is 1. The predicted molar refractivity (Wildman–Crippen MR) is 80.1 cm³/mol. The highest BCUT2D eigenvalue weighted by molar-refractivity contribution is 7.99. The molecular formula is C15H23NOS. The highest BCUT2D eigenvalue weighted by atomic mass is 32.2. The van der Waals surface area contributed by atoms with Crippen molar-refractivity contribution in [3.63, 3.8) is 0 Å². The second-order valence-corrected chi connectivity index (χ2v) is 6.56. The van der Waals surface area contributed by atoms with E-state index in [2.05, 4.69) is 18.7 Å². The van der Waals surface area contributed by atoms with Gasteiger partial charge in [-0.3, -0.25) is 0 Å². The van der Waals surface area contributed by atoms with Gasteiger partial charge in [0, 0.05) is 22.3 Å². The van der Waals surface area contributed by atoms with E-state index in [1.165, 1.54) is 31.2 Å². The lowest BCUT2D eigenvalue weighted by molar-refractivity contribution is 0.394.